The van der Waals surface area contributed by atoms with Crippen LogP contribution in [0.2, 0.25) is 10.0 Å². The molecule has 0 atom stereocenters. The zero-order valence-electron chi connectivity index (χ0n) is 10.1. The van der Waals surface area contributed by atoms with Crippen LogP contribution in [0.4, 0.5) is 5.13 Å². The summed E-state index contributed by atoms with van der Waals surface area (Å²) in [6, 6.07) is 4.27. The van der Waals surface area contributed by atoms with E-state index < -0.39 is 10.0 Å². The maximum absolute atomic E-state index is 12.2. The van der Waals surface area contributed by atoms with Crippen LogP contribution in [0.5, 0.6) is 0 Å². The van der Waals surface area contributed by atoms with Crippen molar-refractivity contribution in [2.45, 2.75) is 18.7 Å². The maximum atomic E-state index is 12.2. The fourth-order valence-corrected chi connectivity index (χ4v) is 4.18. The van der Waals surface area contributed by atoms with Crippen molar-refractivity contribution in [3.63, 3.8) is 0 Å². The molecule has 102 valence electrons. The van der Waals surface area contributed by atoms with Gasteiger partial charge >= 0.3 is 0 Å². The van der Waals surface area contributed by atoms with Gasteiger partial charge in [0, 0.05) is 9.90 Å². The molecule has 1 aromatic carbocycles. The molecule has 0 amide bonds. The van der Waals surface area contributed by atoms with Gasteiger partial charge in [0.25, 0.3) is 10.0 Å². The zero-order valence-corrected chi connectivity index (χ0v) is 13.2. The smallest absolute Gasteiger partial charge is 0.255 e. The second-order valence-corrected chi connectivity index (χ2v) is 7.54. The zero-order chi connectivity index (χ0) is 14.2. The summed E-state index contributed by atoms with van der Waals surface area (Å²) in [6.07, 6.45) is 0. The highest BCUT2D eigenvalue weighted by atomic mass is 35.5. The monoisotopic (exact) mass is 336 g/mol. The number of sulfonamides is 1. The third kappa shape index (κ3) is 3.20. The highest BCUT2D eigenvalue weighted by molar-refractivity contribution is 7.93. The first-order valence-electron chi connectivity index (χ1n) is 5.21. The fraction of sp³-hybridized carbons (Fsp3) is 0.182. The van der Waals surface area contributed by atoms with Gasteiger partial charge in [0.1, 0.15) is 4.90 Å². The van der Waals surface area contributed by atoms with E-state index in [0.717, 1.165) is 10.6 Å². The minimum absolute atomic E-state index is 0.0628. The first kappa shape index (κ1) is 14.6. The van der Waals surface area contributed by atoms with Crippen molar-refractivity contribution in [2.24, 2.45) is 0 Å². The number of thiazole rings is 1. The van der Waals surface area contributed by atoms with E-state index >= 15 is 0 Å². The second kappa shape index (κ2) is 5.28. The molecule has 0 spiro atoms. The van der Waals surface area contributed by atoms with Gasteiger partial charge in [0.15, 0.2) is 5.13 Å². The average molecular weight is 337 g/mol. The Kier molecular flexibility index (Phi) is 4.06. The van der Waals surface area contributed by atoms with Crippen LogP contribution in [0, 0.1) is 13.8 Å². The molecule has 19 heavy (non-hydrogen) atoms. The van der Waals surface area contributed by atoms with Crippen molar-refractivity contribution in [3.05, 3.63) is 38.8 Å². The van der Waals surface area contributed by atoms with Gasteiger partial charge in [-0.1, -0.05) is 23.2 Å². The highest BCUT2D eigenvalue weighted by Gasteiger charge is 2.20. The van der Waals surface area contributed by atoms with E-state index in [2.05, 4.69) is 9.71 Å². The fourth-order valence-electron chi connectivity index (χ4n) is 1.37. The van der Waals surface area contributed by atoms with Crippen LogP contribution in [0.15, 0.2) is 23.1 Å². The minimum Gasteiger partial charge on any atom is -0.255 e. The number of nitrogens with zero attached hydrogens (tertiary/aromatic N) is 1. The summed E-state index contributed by atoms with van der Waals surface area (Å²) in [7, 11) is -3.79. The summed E-state index contributed by atoms with van der Waals surface area (Å²) in [5, 5.41) is 0.726. The molecule has 4 nitrogen and oxygen atoms in total. The van der Waals surface area contributed by atoms with Crippen molar-refractivity contribution in [1.29, 1.82) is 0 Å². The van der Waals surface area contributed by atoms with Crippen LogP contribution in [0.1, 0.15) is 10.6 Å². The number of hydrogen-bond acceptors (Lipinski definition) is 4. The first-order chi connectivity index (χ1) is 8.79. The Bertz CT molecular complexity index is 707. The Hall–Kier alpha value is -0.820. The lowest BCUT2D eigenvalue weighted by molar-refractivity contribution is 0.601. The van der Waals surface area contributed by atoms with E-state index in [9.17, 15) is 8.42 Å². The lowest BCUT2D eigenvalue weighted by atomic mass is 10.4. The van der Waals surface area contributed by atoms with Crippen molar-refractivity contribution < 1.29 is 8.42 Å². The van der Waals surface area contributed by atoms with Gasteiger partial charge in [-0.25, -0.2) is 13.4 Å². The minimum atomic E-state index is -3.79. The van der Waals surface area contributed by atoms with Gasteiger partial charge < -0.3 is 0 Å². The maximum Gasteiger partial charge on any atom is 0.265 e. The van der Waals surface area contributed by atoms with Gasteiger partial charge in [-0.15, -0.1) is 11.3 Å². The highest BCUT2D eigenvalue weighted by Crippen LogP contribution is 2.28. The normalized spacial score (nSPS) is 11.6. The predicted octanol–water partition coefficient (Wildman–Crippen LogP) is 3.87. The molecular weight excluding hydrogens is 327 g/mol. The van der Waals surface area contributed by atoms with Crippen LogP contribution in [0.3, 0.4) is 0 Å². The standard InChI is InChI=1S/C11H10Cl2N2O2S2/c1-6-7(2)18-11(14-6)15-19(16,17)10-5-8(12)3-4-9(10)13/h3-5H,1-2H3,(H,14,15). The molecule has 0 bridgehead atoms. The molecule has 8 heteroatoms. The number of halogens is 2. The number of hydrogen-bond donors (Lipinski definition) is 1. The summed E-state index contributed by atoms with van der Waals surface area (Å²) in [6.45, 7) is 3.69. The third-order valence-electron chi connectivity index (χ3n) is 2.43. The molecular formula is C11H10Cl2N2O2S2. The number of aryl methyl sites for hydroxylation is 2. The van der Waals surface area contributed by atoms with E-state index in [1.807, 2.05) is 13.8 Å². The van der Waals surface area contributed by atoms with Crippen LogP contribution >= 0.6 is 34.5 Å². The SMILES string of the molecule is Cc1nc(NS(=O)(=O)c2cc(Cl)ccc2Cl)sc1C. The molecule has 0 unspecified atom stereocenters. The van der Waals surface area contributed by atoms with Crippen molar-refractivity contribution in [1.82, 2.24) is 4.98 Å². The van der Waals surface area contributed by atoms with Gasteiger partial charge in [-0.2, -0.15) is 0 Å². The van der Waals surface area contributed by atoms with Crippen LogP contribution in [0.25, 0.3) is 0 Å². The summed E-state index contributed by atoms with van der Waals surface area (Å²) in [5.74, 6) is 0. The molecule has 0 saturated carbocycles. The Morgan fingerprint density at radius 2 is 1.95 bits per heavy atom. The number of aromatic nitrogens is 1. The van der Waals surface area contributed by atoms with E-state index in [4.69, 9.17) is 23.2 Å². The molecule has 0 aliphatic heterocycles. The van der Waals surface area contributed by atoms with E-state index in [1.165, 1.54) is 29.5 Å². The van der Waals surface area contributed by atoms with Gasteiger partial charge in [-0.3, -0.25) is 4.72 Å². The molecule has 2 rings (SSSR count). The first-order valence-corrected chi connectivity index (χ1v) is 8.27. The second-order valence-electron chi connectivity index (χ2n) is 3.84. The van der Waals surface area contributed by atoms with E-state index in [1.54, 1.807) is 0 Å². The number of anilines is 1. The summed E-state index contributed by atoms with van der Waals surface area (Å²) in [4.78, 5) is 5.02. The number of rotatable bonds is 3. The molecule has 1 N–H and O–H groups in total. The number of benzene rings is 1. The largest absolute Gasteiger partial charge is 0.265 e. The Balaban J connectivity index is 2.40. The Labute approximate surface area is 125 Å². The summed E-state index contributed by atoms with van der Waals surface area (Å²) >= 11 is 12.9. The Morgan fingerprint density at radius 3 is 2.53 bits per heavy atom. The van der Waals surface area contributed by atoms with Crippen molar-refractivity contribution in [2.75, 3.05) is 4.72 Å². The lowest BCUT2D eigenvalue weighted by Crippen LogP contribution is -2.13. The lowest BCUT2D eigenvalue weighted by Gasteiger charge is -2.07. The van der Waals surface area contributed by atoms with E-state index in [-0.39, 0.29) is 9.92 Å². The summed E-state index contributed by atoms with van der Waals surface area (Å²) < 4.78 is 26.8. The molecule has 0 aliphatic rings. The van der Waals surface area contributed by atoms with Gasteiger partial charge in [0.2, 0.25) is 0 Å². The predicted molar refractivity (Wildman–Crippen MR) is 78.9 cm³/mol. The Morgan fingerprint density at radius 1 is 1.26 bits per heavy atom. The van der Waals surface area contributed by atoms with Gasteiger partial charge in [-0.05, 0) is 32.0 Å². The van der Waals surface area contributed by atoms with Gasteiger partial charge in [0.05, 0.1) is 10.7 Å². The quantitative estimate of drug-likeness (QED) is 0.925. The molecule has 0 aliphatic carbocycles. The molecule has 0 saturated heterocycles. The summed E-state index contributed by atoms with van der Waals surface area (Å²) in [5.41, 5.74) is 0.792. The van der Waals surface area contributed by atoms with Crippen LogP contribution in [-0.2, 0) is 10.0 Å². The third-order valence-corrected chi connectivity index (χ3v) is 5.61. The van der Waals surface area contributed by atoms with Crippen molar-refractivity contribution >= 4 is 49.7 Å². The van der Waals surface area contributed by atoms with Crippen LogP contribution in [-0.4, -0.2) is 13.4 Å². The van der Waals surface area contributed by atoms with E-state index in [0.29, 0.717) is 10.2 Å². The molecule has 0 fully saturated rings. The van der Waals surface area contributed by atoms with Crippen molar-refractivity contribution in [3.8, 4) is 0 Å². The molecule has 1 aromatic heterocycles. The molecule has 0 radical (unpaired) electrons. The average Bonchev–Trinajstić information content (AvgIpc) is 2.60. The molecule has 2 aromatic rings. The molecule has 1 heterocycles. The number of nitrogens with one attached hydrogen (secondary N) is 1. The van der Waals surface area contributed by atoms with Crippen LogP contribution < -0.4 is 4.72 Å². The topological polar surface area (TPSA) is 59.1 Å².